The lowest BCUT2D eigenvalue weighted by Crippen LogP contribution is -2.52. The Morgan fingerprint density at radius 1 is 1.32 bits per heavy atom. The maximum atomic E-state index is 13.1. The fraction of sp³-hybridized carbons (Fsp3) is 0.842. The molecular weight excluding hydrogens is 340 g/mol. The van der Waals surface area contributed by atoms with Gasteiger partial charge in [0, 0.05) is 29.4 Å². The second-order valence-corrected chi connectivity index (χ2v) is 9.62. The van der Waals surface area contributed by atoms with Gasteiger partial charge in [-0.25, -0.2) is 0 Å². The van der Waals surface area contributed by atoms with Crippen molar-refractivity contribution in [1.29, 1.82) is 0 Å². The molecule has 0 aromatic heterocycles. The van der Waals surface area contributed by atoms with Crippen LogP contribution in [0, 0.1) is 11.8 Å². The van der Waals surface area contributed by atoms with Crippen LogP contribution >= 0.6 is 0 Å². The Labute approximate surface area is 152 Å². The van der Waals surface area contributed by atoms with Crippen LogP contribution in [0.15, 0.2) is 11.8 Å². The monoisotopic (exact) mass is 370 g/mol. The number of fused-ring (bicyclic) bond motifs is 3. The van der Waals surface area contributed by atoms with Crippen molar-refractivity contribution in [3.8, 4) is 0 Å². The average molecular weight is 371 g/mol. The number of rotatable bonds is 6. The van der Waals surface area contributed by atoms with Gasteiger partial charge >= 0.3 is 0 Å². The third-order valence-corrected chi connectivity index (χ3v) is 7.56. The summed E-state index contributed by atoms with van der Waals surface area (Å²) >= 11 is 0. The Morgan fingerprint density at radius 2 is 2.04 bits per heavy atom. The second-order valence-electron chi connectivity index (χ2n) is 7.98. The fourth-order valence-corrected chi connectivity index (χ4v) is 5.86. The van der Waals surface area contributed by atoms with E-state index in [0.717, 1.165) is 25.0 Å². The van der Waals surface area contributed by atoms with Crippen molar-refractivity contribution in [1.82, 2.24) is 0 Å². The number of ketones is 1. The first kappa shape index (κ1) is 19.1. The molecule has 2 saturated heterocycles. The summed E-state index contributed by atoms with van der Waals surface area (Å²) in [7, 11) is -1.26. The van der Waals surface area contributed by atoms with Gasteiger partial charge in [-0.05, 0) is 32.8 Å². The molecule has 3 rings (SSSR count). The Bertz CT molecular complexity index is 599. The van der Waals surface area contributed by atoms with Gasteiger partial charge in [-0.1, -0.05) is 26.7 Å². The topological polar surface area (TPSA) is 61.8 Å². The predicted molar refractivity (Wildman–Crippen MR) is 96.2 cm³/mol. The number of Topliss-reactive ketones (excluding diaryl/α,β-unsaturated/α-hetero) is 1. The highest BCUT2D eigenvalue weighted by Crippen LogP contribution is 2.51. The second kappa shape index (κ2) is 6.78. The molecular formula is C19H30O5S. The third kappa shape index (κ3) is 3.21. The lowest BCUT2D eigenvalue weighted by atomic mass is 9.73. The largest absolute Gasteiger partial charge is 0.466 e. The smallest absolute Gasteiger partial charge is 0.229 e. The number of carbonyl (C=O) groups is 1. The van der Waals surface area contributed by atoms with Crippen molar-refractivity contribution in [2.24, 2.45) is 11.8 Å². The van der Waals surface area contributed by atoms with Gasteiger partial charge in [0.15, 0.2) is 11.6 Å². The summed E-state index contributed by atoms with van der Waals surface area (Å²) in [5.41, 5.74) is 0. The summed E-state index contributed by atoms with van der Waals surface area (Å²) in [5, 5.41) is 0. The number of unbranched alkanes of at least 4 members (excludes halogenated alkanes) is 2. The Balaban J connectivity index is 1.86. The molecule has 5 nitrogen and oxygen atoms in total. The minimum Gasteiger partial charge on any atom is -0.466 e. The zero-order valence-electron chi connectivity index (χ0n) is 15.9. The number of allylic oxidation sites excluding steroid dienone is 1. The van der Waals surface area contributed by atoms with Crippen molar-refractivity contribution < 1.29 is 23.2 Å². The van der Waals surface area contributed by atoms with Crippen LogP contribution in [0.1, 0.15) is 59.8 Å². The van der Waals surface area contributed by atoms with Crippen molar-refractivity contribution in [2.45, 2.75) is 82.7 Å². The van der Waals surface area contributed by atoms with Crippen molar-refractivity contribution in [3.63, 3.8) is 0 Å². The third-order valence-electron chi connectivity index (χ3n) is 5.77. The molecule has 0 N–H and O–H groups in total. The predicted octanol–water partition coefficient (Wildman–Crippen LogP) is 3.30. The Morgan fingerprint density at radius 3 is 2.68 bits per heavy atom. The van der Waals surface area contributed by atoms with Crippen LogP contribution in [0.4, 0.5) is 0 Å². The van der Waals surface area contributed by atoms with Gasteiger partial charge in [-0.2, -0.15) is 0 Å². The lowest BCUT2D eigenvalue weighted by Gasteiger charge is -2.40. The molecule has 2 aliphatic heterocycles. The van der Waals surface area contributed by atoms with Crippen LogP contribution in [0.2, 0.25) is 0 Å². The highest BCUT2D eigenvalue weighted by atomic mass is 32.2. The quantitative estimate of drug-likeness (QED) is 0.671. The minimum absolute atomic E-state index is 0.0676. The molecule has 25 heavy (non-hydrogen) atoms. The summed E-state index contributed by atoms with van der Waals surface area (Å²) in [5.74, 6) is 0.0718. The van der Waals surface area contributed by atoms with Crippen LogP contribution in [0.3, 0.4) is 0 Å². The van der Waals surface area contributed by atoms with E-state index in [2.05, 4.69) is 6.92 Å². The SMILES string of the molecule is CCCCCC(=O)[C@@]1(S(C)=O)C[C@H]2C(=C[C@@H]1C)O[C@@H]1OC(C)(C)O[C@@H]12. The molecule has 2 fully saturated rings. The molecule has 142 valence electrons. The maximum absolute atomic E-state index is 13.1. The summed E-state index contributed by atoms with van der Waals surface area (Å²) in [6, 6.07) is 0. The van der Waals surface area contributed by atoms with Crippen LogP contribution in [-0.4, -0.2) is 39.2 Å². The molecule has 0 amide bonds. The van der Waals surface area contributed by atoms with Gasteiger partial charge in [-0.3, -0.25) is 9.00 Å². The van der Waals surface area contributed by atoms with E-state index in [1.165, 1.54) is 0 Å². The van der Waals surface area contributed by atoms with E-state index >= 15 is 0 Å². The minimum atomic E-state index is -1.26. The summed E-state index contributed by atoms with van der Waals surface area (Å²) < 4.78 is 29.7. The zero-order valence-corrected chi connectivity index (χ0v) is 16.7. The van der Waals surface area contributed by atoms with Crippen LogP contribution in [0.5, 0.6) is 0 Å². The van der Waals surface area contributed by atoms with E-state index in [1.807, 2.05) is 26.8 Å². The van der Waals surface area contributed by atoms with Crippen molar-refractivity contribution in [2.75, 3.05) is 6.26 Å². The van der Waals surface area contributed by atoms with Crippen molar-refractivity contribution in [3.05, 3.63) is 11.8 Å². The number of hydrogen-bond donors (Lipinski definition) is 0. The Hall–Kier alpha value is -0.720. The van der Waals surface area contributed by atoms with Crippen molar-refractivity contribution >= 4 is 16.6 Å². The molecule has 0 saturated carbocycles. The van der Waals surface area contributed by atoms with Gasteiger partial charge in [0.1, 0.15) is 16.6 Å². The average Bonchev–Trinajstić information content (AvgIpc) is 2.97. The van der Waals surface area contributed by atoms with Gasteiger partial charge < -0.3 is 14.2 Å². The van der Waals surface area contributed by atoms with Crippen LogP contribution in [0.25, 0.3) is 0 Å². The van der Waals surface area contributed by atoms with E-state index in [0.29, 0.717) is 12.8 Å². The summed E-state index contributed by atoms with van der Waals surface area (Å²) in [4.78, 5) is 13.1. The first-order valence-corrected chi connectivity index (χ1v) is 10.9. The van der Waals surface area contributed by atoms with E-state index in [1.54, 1.807) is 6.26 Å². The molecule has 0 aromatic carbocycles. The van der Waals surface area contributed by atoms with Gasteiger partial charge in [-0.15, -0.1) is 0 Å². The molecule has 0 bridgehead atoms. The first-order valence-electron chi connectivity index (χ1n) is 9.32. The number of hydrogen-bond acceptors (Lipinski definition) is 5. The molecule has 6 heteroatoms. The summed E-state index contributed by atoms with van der Waals surface area (Å²) in [6.07, 6.45) is 6.92. The highest BCUT2D eigenvalue weighted by Gasteiger charge is 2.60. The van der Waals surface area contributed by atoms with Gasteiger partial charge in [0.05, 0.1) is 5.92 Å². The molecule has 0 radical (unpaired) electrons. The maximum Gasteiger partial charge on any atom is 0.229 e. The first-order chi connectivity index (χ1) is 11.7. The molecule has 1 aliphatic carbocycles. The molecule has 0 aromatic rings. The van der Waals surface area contributed by atoms with E-state index in [4.69, 9.17) is 14.2 Å². The van der Waals surface area contributed by atoms with E-state index < -0.39 is 27.6 Å². The lowest BCUT2D eigenvalue weighted by molar-refractivity contribution is -0.187. The van der Waals surface area contributed by atoms with E-state index in [9.17, 15) is 9.00 Å². The molecule has 6 atom stereocenters. The number of carbonyl (C=O) groups excluding carboxylic acids is 1. The number of ether oxygens (including phenoxy) is 3. The molecule has 3 aliphatic rings. The Kier molecular flexibility index (Phi) is 5.17. The van der Waals surface area contributed by atoms with E-state index in [-0.39, 0.29) is 23.7 Å². The molecule has 1 unspecified atom stereocenters. The standard InChI is InChI=1S/C19H30O5S/c1-6-7-8-9-15(20)19(25(5)21)11-13-14(10-12(19)2)22-17-16(13)23-18(3,4)24-17/h10,12-13,16-17H,6-9,11H2,1-5H3/t12-,13-,16+,17+,19+,25?/m0/s1. The molecule has 0 spiro atoms. The van der Waals surface area contributed by atoms with Crippen LogP contribution in [-0.2, 0) is 29.8 Å². The van der Waals surface area contributed by atoms with Crippen LogP contribution < -0.4 is 0 Å². The zero-order chi connectivity index (χ0) is 18.4. The molecule has 2 heterocycles. The fourth-order valence-electron chi connectivity index (χ4n) is 4.43. The van der Waals surface area contributed by atoms with Gasteiger partial charge in [0.2, 0.25) is 6.29 Å². The normalized spacial score (nSPS) is 40.0. The summed E-state index contributed by atoms with van der Waals surface area (Å²) in [6.45, 7) is 7.83. The highest BCUT2D eigenvalue weighted by molar-refractivity contribution is 7.86. The van der Waals surface area contributed by atoms with Gasteiger partial charge in [0.25, 0.3) is 0 Å².